The number of nitrogens with one attached hydrogen (secondary N) is 1. The lowest BCUT2D eigenvalue weighted by Crippen LogP contribution is -2.28. The summed E-state index contributed by atoms with van der Waals surface area (Å²) >= 11 is 1.51. The second kappa shape index (κ2) is 7.08. The summed E-state index contributed by atoms with van der Waals surface area (Å²) in [4.78, 5) is 18.3. The van der Waals surface area contributed by atoms with E-state index in [1.54, 1.807) is 14.2 Å². The summed E-state index contributed by atoms with van der Waals surface area (Å²) in [5, 5.41) is 3.93. The van der Waals surface area contributed by atoms with Crippen molar-refractivity contribution in [2.75, 3.05) is 14.2 Å². The van der Waals surface area contributed by atoms with Crippen molar-refractivity contribution in [1.29, 1.82) is 0 Å². The van der Waals surface area contributed by atoms with Crippen molar-refractivity contribution in [2.45, 2.75) is 25.8 Å². The molecule has 6 nitrogen and oxygen atoms in total. The number of carbonyl (C=O) groups is 1. The first-order valence-corrected chi connectivity index (χ1v) is 9.58. The van der Waals surface area contributed by atoms with Gasteiger partial charge < -0.3 is 19.4 Å². The average molecular weight is 383 g/mol. The van der Waals surface area contributed by atoms with Crippen LogP contribution in [-0.4, -0.2) is 29.7 Å². The Bertz CT molecular complexity index is 979. The van der Waals surface area contributed by atoms with Crippen LogP contribution >= 0.6 is 11.3 Å². The Hall–Kier alpha value is -2.80. The number of amides is 1. The van der Waals surface area contributed by atoms with E-state index in [-0.39, 0.29) is 11.9 Å². The number of hydrogen-bond acceptors (Lipinski definition) is 5. The first kappa shape index (κ1) is 17.6. The molecule has 2 aromatic heterocycles. The molecule has 0 unspecified atom stereocenters. The highest BCUT2D eigenvalue weighted by Gasteiger charge is 2.28. The summed E-state index contributed by atoms with van der Waals surface area (Å²) in [6, 6.07) is 7.79. The lowest BCUT2D eigenvalue weighted by molar-refractivity contribution is 0.0931. The van der Waals surface area contributed by atoms with Gasteiger partial charge in [0.25, 0.3) is 5.91 Å². The summed E-state index contributed by atoms with van der Waals surface area (Å²) in [6.07, 6.45) is 5.59. The molecule has 0 bridgehead atoms. The van der Waals surface area contributed by atoms with Gasteiger partial charge in [-0.05, 0) is 55.2 Å². The molecule has 1 aromatic carbocycles. The van der Waals surface area contributed by atoms with Gasteiger partial charge in [-0.25, -0.2) is 4.98 Å². The van der Waals surface area contributed by atoms with Gasteiger partial charge in [-0.2, -0.15) is 0 Å². The van der Waals surface area contributed by atoms with E-state index in [2.05, 4.69) is 10.3 Å². The minimum absolute atomic E-state index is 0.0524. The molecule has 1 N–H and O–H groups in total. The monoisotopic (exact) mass is 383 g/mol. The lowest BCUT2D eigenvalue weighted by Gasteiger charge is -2.16. The fourth-order valence-corrected chi connectivity index (χ4v) is 4.35. The number of aryl methyl sites for hydroxylation is 2. The van der Waals surface area contributed by atoms with Crippen molar-refractivity contribution < 1.29 is 14.3 Å². The molecule has 7 heteroatoms. The predicted octanol–water partition coefficient (Wildman–Crippen LogP) is 3.68. The molecule has 2 heterocycles. The van der Waals surface area contributed by atoms with Gasteiger partial charge in [-0.15, -0.1) is 11.3 Å². The number of hydrogen-bond donors (Lipinski definition) is 1. The summed E-state index contributed by atoms with van der Waals surface area (Å²) in [5.41, 5.74) is 2.75. The Morgan fingerprint density at radius 1 is 1.22 bits per heavy atom. The van der Waals surface area contributed by atoms with Gasteiger partial charge in [-0.3, -0.25) is 4.79 Å². The third-order valence-corrected chi connectivity index (χ3v) is 5.84. The maximum Gasteiger partial charge on any atom is 0.271 e. The van der Waals surface area contributed by atoms with Gasteiger partial charge in [0.1, 0.15) is 5.69 Å². The summed E-state index contributed by atoms with van der Waals surface area (Å²) in [5.74, 6) is 1.25. The summed E-state index contributed by atoms with van der Waals surface area (Å²) in [7, 11) is 3.25. The highest BCUT2D eigenvalue weighted by molar-refractivity contribution is 7.14. The van der Waals surface area contributed by atoms with Gasteiger partial charge in [-0.1, -0.05) is 0 Å². The molecule has 0 saturated carbocycles. The number of rotatable bonds is 5. The van der Waals surface area contributed by atoms with Gasteiger partial charge in [0.2, 0.25) is 0 Å². The van der Waals surface area contributed by atoms with Crippen molar-refractivity contribution in [3.63, 3.8) is 0 Å². The largest absolute Gasteiger partial charge is 0.493 e. The van der Waals surface area contributed by atoms with E-state index in [0.29, 0.717) is 11.4 Å². The highest BCUT2D eigenvalue weighted by Crippen LogP contribution is 2.39. The number of nitrogens with zero attached hydrogens (tertiary/aromatic N) is 2. The zero-order valence-corrected chi connectivity index (χ0v) is 16.3. The van der Waals surface area contributed by atoms with E-state index in [0.717, 1.165) is 34.2 Å². The number of aromatic nitrogens is 2. The van der Waals surface area contributed by atoms with E-state index in [9.17, 15) is 4.79 Å². The fraction of sp³-hybridized carbons (Fsp3) is 0.300. The Balaban J connectivity index is 1.57. The number of ether oxygens (including phenoxy) is 2. The molecule has 4 rings (SSSR count). The summed E-state index contributed by atoms with van der Waals surface area (Å²) in [6.45, 7) is 1.93. The quantitative estimate of drug-likeness (QED) is 0.730. The zero-order valence-electron chi connectivity index (χ0n) is 15.5. The Labute approximate surface area is 161 Å². The van der Waals surface area contributed by atoms with Crippen LogP contribution in [0.1, 0.15) is 39.0 Å². The molecule has 3 aromatic rings. The number of methoxy groups -OCH3 is 2. The molecule has 1 aliphatic rings. The first-order chi connectivity index (χ1) is 13.1. The van der Waals surface area contributed by atoms with E-state index in [4.69, 9.17) is 9.47 Å². The van der Waals surface area contributed by atoms with Crippen LogP contribution in [-0.2, 0) is 6.42 Å². The Morgan fingerprint density at radius 3 is 2.63 bits per heavy atom. The standard InChI is InChI=1S/C20H21N3O3S/c1-12-18(22-20(27-12)23-8-4-5-9-23)19(24)21-15-7-6-13-10-16(25-2)17(26-3)11-14(13)15/h4-5,8-11,15H,6-7H2,1-3H3,(H,21,24)/t15-/m1/s1. The number of thiazole rings is 1. The van der Waals surface area contributed by atoms with Gasteiger partial charge in [0.05, 0.1) is 20.3 Å². The molecule has 140 valence electrons. The molecule has 0 radical (unpaired) electrons. The second-order valence-electron chi connectivity index (χ2n) is 6.46. The van der Waals surface area contributed by atoms with E-state index < -0.39 is 0 Å². The topological polar surface area (TPSA) is 65.4 Å². The molecular formula is C20H21N3O3S. The highest BCUT2D eigenvalue weighted by atomic mass is 32.1. The zero-order chi connectivity index (χ0) is 19.0. The maximum atomic E-state index is 12.9. The van der Waals surface area contributed by atoms with Crippen LogP contribution in [0.2, 0.25) is 0 Å². The average Bonchev–Trinajstić information content (AvgIpc) is 3.40. The third kappa shape index (κ3) is 3.19. The Kier molecular flexibility index (Phi) is 4.61. The van der Waals surface area contributed by atoms with Crippen LogP contribution in [0.3, 0.4) is 0 Å². The van der Waals surface area contributed by atoms with Gasteiger partial charge in [0.15, 0.2) is 16.6 Å². The molecule has 0 saturated heterocycles. The van der Waals surface area contributed by atoms with Crippen LogP contribution in [0.15, 0.2) is 36.7 Å². The summed E-state index contributed by atoms with van der Waals surface area (Å²) < 4.78 is 12.7. The van der Waals surface area contributed by atoms with Crippen molar-refractivity contribution in [3.05, 3.63) is 58.4 Å². The van der Waals surface area contributed by atoms with Crippen LogP contribution in [0.4, 0.5) is 0 Å². The van der Waals surface area contributed by atoms with Crippen LogP contribution < -0.4 is 14.8 Å². The van der Waals surface area contributed by atoms with Crippen molar-refractivity contribution in [1.82, 2.24) is 14.9 Å². The van der Waals surface area contributed by atoms with Crippen molar-refractivity contribution in [2.24, 2.45) is 0 Å². The van der Waals surface area contributed by atoms with Crippen LogP contribution in [0, 0.1) is 6.92 Å². The Morgan fingerprint density at radius 2 is 1.93 bits per heavy atom. The first-order valence-electron chi connectivity index (χ1n) is 8.77. The molecule has 0 spiro atoms. The molecule has 0 aliphatic heterocycles. The maximum absolute atomic E-state index is 12.9. The minimum atomic E-state index is -0.144. The molecule has 0 fully saturated rings. The molecular weight excluding hydrogens is 362 g/mol. The smallest absolute Gasteiger partial charge is 0.271 e. The van der Waals surface area contributed by atoms with Crippen LogP contribution in [0.5, 0.6) is 11.5 Å². The fourth-order valence-electron chi connectivity index (χ4n) is 3.48. The van der Waals surface area contributed by atoms with Crippen molar-refractivity contribution in [3.8, 4) is 16.6 Å². The number of benzene rings is 1. The predicted molar refractivity (Wildman–Crippen MR) is 104 cm³/mol. The second-order valence-corrected chi connectivity index (χ2v) is 7.64. The van der Waals surface area contributed by atoms with Crippen LogP contribution in [0.25, 0.3) is 5.13 Å². The van der Waals surface area contributed by atoms with E-state index in [1.807, 2.05) is 48.1 Å². The molecule has 27 heavy (non-hydrogen) atoms. The van der Waals surface area contributed by atoms with E-state index >= 15 is 0 Å². The number of carbonyl (C=O) groups excluding carboxylic acids is 1. The van der Waals surface area contributed by atoms with E-state index in [1.165, 1.54) is 16.9 Å². The van der Waals surface area contributed by atoms with Gasteiger partial charge in [0, 0.05) is 17.3 Å². The normalized spacial score (nSPS) is 15.4. The lowest BCUT2D eigenvalue weighted by atomic mass is 10.1. The number of fused-ring (bicyclic) bond motifs is 1. The minimum Gasteiger partial charge on any atom is -0.493 e. The molecule has 1 aliphatic carbocycles. The van der Waals surface area contributed by atoms with Gasteiger partial charge >= 0.3 is 0 Å². The third-order valence-electron chi connectivity index (χ3n) is 4.85. The van der Waals surface area contributed by atoms with Crippen molar-refractivity contribution >= 4 is 17.2 Å². The molecule has 1 atom stereocenters. The SMILES string of the molecule is COc1cc2c(cc1OC)[C@H](NC(=O)c1nc(-n3cccc3)sc1C)CC2. The molecule has 1 amide bonds.